The van der Waals surface area contributed by atoms with Gasteiger partial charge in [0.25, 0.3) is 0 Å². The second-order valence-electron chi connectivity index (χ2n) is 7.18. The molecule has 0 atom stereocenters. The molecule has 0 radical (unpaired) electrons. The zero-order valence-corrected chi connectivity index (χ0v) is 16.7. The van der Waals surface area contributed by atoms with Crippen LogP contribution < -0.4 is 4.74 Å². The molecule has 3 rings (SSSR count). The van der Waals surface area contributed by atoms with Crippen molar-refractivity contribution in [2.24, 2.45) is 0 Å². The van der Waals surface area contributed by atoms with Crippen LogP contribution in [0.3, 0.4) is 0 Å². The smallest absolute Gasteiger partial charge is 0.309 e. The van der Waals surface area contributed by atoms with E-state index in [1.54, 1.807) is 12.1 Å². The largest absolute Gasteiger partial charge is 0.493 e. The molecule has 0 aliphatic carbocycles. The van der Waals surface area contributed by atoms with Crippen molar-refractivity contribution < 1.29 is 14.6 Å². The van der Waals surface area contributed by atoms with Crippen LogP contribution in [0.15, 0.2) is 24.3 Å². The van der Waals surface area contributed by atoms with Gasteiger partial charge < -0.3 is 9.84 Å². The number of carbonyl (C=O) groups is 1. The molecule has 1 aliphatic heterocycles. The van der Waals surface area contributed by atoms with Crippen LogP contribution in [-0.2, 0) is 23.1 Å². The number of fused-ring (bicyclic) bond motifs is 1. The fraction of sp³-hybridized carbons (Fsp3) is 0.435. The highest BCUT2D eigenvalue weighted by atomic mass is 16.5. The third kappa shape index (κ3) is 4.01. The van der Waals surface area contributed by atoms with Gasteiger partial charge in [-0.2, -0.15) is 5.10 Å². The number of nitrogens with zero attached hydrogens (tertiary/aromatic N) is 2. The van der Waals surface area contributed by atoms with Gasteiger partial charge in [-0.15, -0.1) is 5.10 Å². The van der Waals surface area contributed by atoms with E-state index in [1.807, 2.05) is 0 Å². The SMILES string of the molecule is CCc1cc2c(cc1C#Cc1ccc(CC(=O)O)nn1)C(CC)(CC)CCO2. The van der Waals surface area contributed by atoms with Crippen molar-refractivity contribution in [1.29, 1.82) is 0 Å². The fourth-order valence-electron chi connectivity index (χ4n) is 3.85. The Bertz CT molecular complexity index is 919. The topological polar surface area (TPSA) is 72.3 Å². The molecule has 1 N–H and O–H groups in total. The molecule has 2 heterocycles. The van der Waals surface area contributed by atoms with Crippen molar-refractivity contribution in [3.63, 3.8) is 0 Å². The number of aliphatic carboxylic acids is 1. The van der Waals surface area contributed by atoms with Crippen LogP contribution in [-0.4, -0.2) is 27.9 Å². The lowest BCUT2D eigenvalue weighted by Crippen LogP contribution is -2.32. The Labute approximate surface area is 166 Å². The second-order valence-corrected chi connectivity index (χ2v) is 7.18. The molecule has 5 nitrogen and oxygen atoms in total. The zero-order valence-electron chi connectivity index (χ0n) is 16.7. The highest BCUT2D eigenvalue weighted by molar-refractivity contribution is 5.69. The maximum Gasteiger partial charge on any atom is 0.309 e. The molecular weight excluding hydrogens is 352 g/mol. The van der Waals surface area contributed by atoms with E-state index in [0.717, 1.165) is 49.2 Å². The number of hydrogen-bond donors (Lipinski definition) is 1. The summed E-state index contributed by atoms with van der Waals surface area (Å²) in [7, 11) is 0. The van der Waals surface area contributed by atoms with Crippen LogP contribution in [0, 0.1) is 11.8 Å². The summed E-state index contributed by atoms with van der Waals surface area (Å²) in [5, 5.41) is 16.8. The summed E-state index contributed by atoms with van der Waals surface area (Å²) in [6, 6.07) is 7.71. The van der Waals surface area contributed by atoms with E-state index < -0.39 is 5.97 Å². The lowest BCUT2D eigenvalue weighted by atomic mass is 9.71. The second kappa shape index (κ2) is 8.43. The first-order chi connectivity index (χ1) is 13.5. The van der Waals surface area contributed by atoms with Crippen molar-refractivity contribution >= 4 is 5.97 Å². The third-order valence-electron chi connectivity index (χ3n) is 5.73. The van der Waals surface area contributed by atoms with Gasteiger partial charge in [-0.3, -0.25) is 4.79 Å². The molecule has 0 saturated heterocycles. The van der Waals surface area contributed by atoms with Crippen molar-refractivity contribution in [3.8, 4) is 17.6 Å². The number of carboxylic acids is 1. The summed E-state index contributed by atoms with van der Waals surface area (Å²) in [4.78, 5) is 10.7. The Morgan fingerprint density at radius 3 is 2.57 bits per heavy atom. The highest BCUT2D eigenvalue weighted by Crippen LogP contribution is 2.44. The summed E-state index contributed by atoms with van der Waals surface area (Å²) < 4.78 is 5.97. The lowest BCUT2D eigenvalue weighted by molar-refractivity contribution is -0.136. The number of rotatable bonds is 5. The van der Waals surface area contributed by atoms with Crippen LogP contribution >= 0.6 is 0 Å². The van der Waals surface area contributed by atoms with Gasteiger partial charge in [0.1, 0.15) is 11.4 Å². The first kappa shape index (κ1) is 19.9. The van der Waals surface area contributed by atoms with Gasteiger partial charge in [0, 0.05) is 16.5 Å². The number of hydrogen-bond acceptors (Lipinski definition) is 4. The Hall–Kier alpha value is -2.87. The molecule has 0 saturated carbocycles. The molecular formula is C23H26N2O3. The van der Waals surface area contributed by atoms with Crippen LogP contribution in [0.25, 0.3) is 0 Å². The monoisotopic (exact) mass is 378 g/mol. The predicted octanol–water partition coefficient (Wildman–Crippen LogP) is 3.91. The molecule has 2 aromatic rings. The maximum atomic E-state index is 10.7. The predicted molar refractivity (Wildman–Crippen MR) is 108 cm³/mol. The fourth-order valence-corrected chi connectivity index (χ4v) is 3.85. The third-order valence-corrected chi connectivity index (χ3v) is 5.73. The zero-order chi connectivity index (χ0) is 20.1. The molecule has 0 fully saturated rings. The van der Waals surface area contributed by atoms with Crippen molar-refractivity contribution in [3.05, 3.63) is 52.3 Å². The van der Waals surface area contributed by atoms with Crippen LogP contribution in [0.4, 0.5) is 0 Å². The number of ether oxygens (including phenoxy) is 1. The van der Waals surface area contributed by atoms with Gasteiger partial charge in [0.2, 0.25) is 0 Å². The van der Waals surface area contributed by atoms with Gasteiger partial charge >= 0.3 is 5.97 Å². The standard InChI is InChI=1S/C23H26N2O3/c1-4-16-14-21-20(23(5-2,6-3)11-12-28-21)13-17(16)7-8-18-9-10-19(25-24-18)15-22(26)27/h9-10,13-14H,4-6,11-12,15H2,1-3H3,(H,26,27). The summed E-state index contributed by atoms with van der Waals surface area (Å²) >= 11 is 0. The van der Waals surface area contributed by atoms with Gasteiger partial charge in [-0.1, -0.05) is 26.7 Å². The Balaban J connectivity index is 1.97. The van der Waals surface area contributed by atoms with E-state index >= 15 is 0 Å². The molecule has 146 valence electrons. The maximum absolute atomic E-state index is 10.7. The van der Waals surface area contributed by atoms with E-state index in [9.17, 15) is 4.79 Å². The normalized spacial score (nSPS) is 14.4. The van der Waals surface area contributed by atoms with Crippen LogP contribution in [0.5, 0.6) is 5.75 Å². The van der Waals surface area contributed by atoms with Gasteiger partial charge in [-0.05, 0) is 61.4 Å². The average Bonchev–Trinajstić information content (AvgIpc) is 2.71. The molecule has 1 aromatic carbocycles. The van der Waals surface area contributed by atoms with Gasteiger partial charge in [-0.25, -0.2) is 0 Å². The summed E-state index contributed by atoms with van der Waals surface area (Å²) in [5.74, 6) is 6.40. The van der Waals surface area contributed by atoms with E-state index in [1.165, 1.54) is 5.56 Å². The van der Waals surface area contributed by atoms with E-state index in [-0.39, 0.29) is 11.8 Å². The minimum atomic E-state index is -0.924. The number of benzene rings is 1. The molecule has 0 unspecified atom stereocenters. The lowest BCUT2D eigenvalue weighted by Gasteiger charge is -2.38. The van der Waals surface area contributed by atoms with Crippen LogP contribution in [0.2, 0.25) is 0 Å². The Morgan fingerprint density at radius 1 is 1.18 bits per heavy atom. The minimum Gasteiger partial charge on any atom is -0.493 e. The van der Waals surface area contributed by atoms with E-state index in [0.29, 0.717) is 11.4 Å². The van der Waals surface area contributed by atoms with E-state index in [2.05, 4.69) is 54.9 Å². The summed E-state index contributed by atoms with van der Waals surface area (Å²) in [5.41, 5.74) is 4.51. The van der Waals surface area contributed by atoms with Crippen molar-refractivity contribution in [1.82, 2.24) is 10.2 Å². The molecule has 28 heavy (non-hydrogen) atoms. The van der Waals surface area contributed by atoms with Gasteiger partial charge in [0.05, 0.1) is 18.7 Å². The van der Waals surface area contributed by atoms with Crippen molar-refractivity contribution in [2.75, 3.05) is 6.61 Å². The highest BCUT2D eigenvalue weighted by Gasteiger charge is 2.35. The average molecular weight is 378 g/mol. The molecule has 1 aromatic heterocycles. The molecule has 5 heteroatoms. The summed E-state index contributed by atoms with van der Waals surface area (Å²) in [6.45, 7) is 7.36. The van der Waals surface area contributed by atoms with Crippen LogP contribution in [0.1, 0.15) is 68.1 Å². The summed E-state index contributed by atoms with van der Waals surface area (Å²) in [6.07, 6.45) is 3.92. The quantitative estimate of drug-likeness (QED) is 0.799. The van der Waals surface area contributed by atoms with Crippen molar-refractivity contribution in [2.45, 2.75) is 58.3 Å². The van der Waals surface area contributed by atoms with Gasteiger partial charge in [0.15, 0.2) is 0 Å². The Morgan fingerprint density at radius 2 is 1.96 bits per heavy atom. The number of carboxylic acid groups (broad SMARTS) is 1. The number of aryl methyl sites for hydroxylation is 1. The Kier molecular flexibility index (Phi) is 5.99. The number of aromatic nitrogens is 2. The molecule has 0 bridgehead atoms. The molecule has 0 spiro atoms. The minimum absolute atomic E-state index is 0.137. The molecule has 1 aliphatic rings. The van der Waals surface area contributed by atoms with E-state index in [4.69, 9.17) is 9.84 Å². The first-order valence-corrected chi connectivity index (χ1v) is 9.88. The first-order valence-electron chi connectivity index (χ1n) is 9.88. The molecule has 0 amide bonds.